The van der Waals surface area contributed by atoms with Crippen LogP contribution >= 0.6 is 0 Å². The van der Waals surface area contributed by atoms with Crippen molar-refractivity contribution in [2.24, 2.45) is 0 Å². The molecule has 0 aromatic carbocycles. The van der Waals surface area contributed by atoms with Gasteiger partial charge in [0, 0.05) is 19.5 Å². The molecule has 2 heterocycles. The number of aliphatic carboxylic acids is 1. The third-order valence-corrected chi connectivity index (χ3v) is 3.09. The van der Waals surface area contributed by atoms with E-state index in [1.807, 2.05) is 0 Å². The zero-order chi connectivity index (χ0) is 15.4. The number of rotatable bonds is 5. The first kappa shape index (κ1) is 14.9. The maximum absolute atomic E-state index is 12.0. The zero-order valence-electron chi connectivity index (χ0n) is 11.0. The summed E-state index contributed by atoms with van der Waals surface area (Å²) in [5.41, 5.74) is 0. The molecule has 1 N–H and O–H groups in total. The van der Waals surface area contributed by atoms with Crippen LogP contribution in [0, 0.1) is 10.1 Å². The molecule has 1 fully saturated rings. The van der Waals surface area contributed by atoms with Gasteiger partial charge in [-0.15, -0.1) is 0 Å². The number of amides is 1. The minimum Gasteiger partial charge on any atom is -0.479 e. The smallest absolute Gasteiger partial charge is 0.381 e. The van der Waals surface area contributed by atoms with Gasteiger partial charge in [-0.05, 0) is 9.91 Å². The molecule has 1 aliphatic rings. The van der Waals surface area contributed by atoms with Gasteiger partial charge in [-0.3, -0.25) is 4.79 Å². The summed E-state index contributed by atoms with van der Waals surface area (Å²) in [6.45, 7) is 0.777. The number of ether oxygens (including phenoxy) is 1. The maximum Gasteiger partial charge on any atom is 0.381 e. The average Bonchev–Trinajstić information content (AvgIpc) is 2.94. The molecule has 1 aliphatic heterocycles. The molecule has 1 unspecified atom stereocenters. The van der Waals surface area contributed by atoms with Gasteiger partial charge in [0.1, 0.15) is 6.20 Å². The van der Waals surface area contributed by atoms with Gasteiger partial charge in [-0.2, -0.15) is 0 Å². The molecular weight excluding hydrogens is 284 g/mol. The van der Waals surface area contributed by atoms with Crippen LogP contribution in [0.2, 0.25) is 0 Å². The number of aryl methyl sites for hydroxylation is 1. The number of hydrogen-bond acceptors (Lipinski definition) is 6. The summed E-state index contributed by atoms with van der Waals surface area (Å²) in [4.78, 5) is 37.7. The summed E-state index contributed by atoms with van der Waals surface area (Å²) < 4.78 is 6.48. The maximum atomic E-state index is 12.0. The number of carbonyl (C=O) groups excluding carboxylic acids is 1. The van der Waals surface area contributed by atoms with Crippen molar-refractivity contribution in [1.29, 1.82) is 0 Å². The number of aromatic nitrogens is 2. The quantitative estimate of drug-likeness (QED) is 0.572. The number of hydrogen-bond donors (Lipinski definition) is 1. The molecule has 1 aromatic rings. The van der Waals surface area contributed by atoms with Gasteiger partial charge in [0.2, 0.25) is 12.2 Å². The number of nitrogens with zero attached hydrogens (tertiary/aromatic N) is 4. The van der Waals surface area contributed by atoms with Crippen molar-refractivity contribution in [3.8, 4) is 0 Å². The van der Waals surface area contributed by atoms with Crippen LogP contribution < -0.4 is 0 Å². The van der Waals surface area contributed by atoms with E-state index in [4.69, 9.17) is 9.84 Å². The van der Waals surface area contributed by atoms with Crippen LogP contribution in [0.4, 0.5) is 5.82 Å². The first-order valence-corrected chi connectivity index (χ1v) is 6.25. The number of nitro groups is 1. The molecule has 1 atom stereocenters. The Hall–Kier alpha value is -2.49. The minimum atomic E-state index is -1.10. The van der Waals surface area contributed by atoms with Crippen LogP contribution in [0.25, 0.3) is 0 Å². The fraction of sp³-hybridized carbons (Fsp3) is 0.545. The predicted molar refractivity (Wildman–Crippen MR) is 67.5 cm³/mol. The number of carbonyl (C=O) groups is 2. The van der Waals surface area contributed by atoms with E-state index in [-0.39, 0.29) is 37.8 Å². The van der Waals surface area contributed by atoms with E-state index in [9.17, 15) is 19.7 Å². The van der Waals surface area contributed by atoms with Crippen molar-refractivity contribution in [3.63, 3.8) is 0 Å². The van der Waals surface area contributed by atoms with Crippen LogP contribution in [0.5, 0.6) is 0 Å². The standard InChI is InChI=1S/C11H14N4O6/c16-10(14-3-4-21-8(5-14)11(17)18)1-2-13-6-9(12-7-13)15(19)20/h6-8H,1-5H2,(H,17,18). The Labute approximate surface area is 119 Å². The van der Waals surface area contributed by atoms with Crippen LogP contribution in [0.3, 0.4) is 0 Å². The van der Waals surface area contributed by atoms with Crippen LogP contribution in [0.1, 0.15) is 6.42 Å². The summed E-state index contributed by atoms with van der Waals surface area (Å²) in [5.74, 6) is -1.60. The molecule has 2 rings (SSSR count). The first-order chi connectivity index (χ1) is 9.97. The topological polar surface area (TPSA) is 128 Å². The van der Waals surface area contributed by atoms with Gasteiger partial charge in [0.15, 0.2) is 6.10 Å². The predicted octanol–water partition coefficient (Wildman–Crippen LogP) is -0.507. The van der Waals surface area contributed by atoms with Gasteiger partial charge in [0.25, 0.3) is 0 Å². The number of morpholine rings is 1. The largest absolute Gasteiger partial charge is 0.479 e. The van der Waals surface area contributed by atoms with Crippen LogP contribution in [0.15, 0.2) is 12.5 Å². The normalized spacial score (nSPS) is 18.5. The van der Waals surface area contributed by atoms with Crippen molar-refractivity contribution in [1.82, 2.24) is 14.5 Å². The fourth-order valence-electron chi connectivity index (χ4n) is 1.97. The minimum absolute atomic E-state index is 0.0121. The lowest BCUT2D eigenvalue weighted by Crippen LogP contribution is -2.48. The summed E-state index contributed by atoms with van der Waals surface area (Å²) in [5, 5.41) is 19.3. The highest BCUT2D eigenvalue weighted by Gasteiger charge is 2.28. The van der Waals surface area contributed by atoms with Crippen molar-refractivity contribution >= 4 is 17.7 Å². The van der Waals surface area contributed by atoms with E-state index in [1.165, 1.54) is 22.0 Å². The zero-order valence-corrected chi connectivity index (χ0v) is 11.0. The third kappa shape index (κ3) is 3.75. The monoisotopic (exact) mass is 298 g/mol. The van der Waals surface area contributed by atoms with Crippen LogP contribution in [-0.2, 0) is 20.9 Å². The highest BCUT2D eigenvalue weighted by atomic mass is 16.6. The molecule has 10 nitrogen and oxygen atoms in total. The lowest BCUT2D eigenvalue weighted by Gasteiger charge is -2.30. The SMILES string of the molecule is O=C(O)C1CN(C(=O)CCn2cnc([N+](=O)[O-])c2)CCO1. The highest BCUT2D eigenvalue weighted by Crippen LogP contribution is 2.09. The van der Waals surface area contributed by atoms with Gasteiger partial charge in [-0.1, -0.05) is 0 Å². The van der Waals surface area contributed by atoms with E-state index in [0.717, 1.165) is 0 Å². The highest BCUT2D eigenvalue weighted by molar-refractivity contribution is 5.78. The summed E-state index contributed by atoms with van der Waals surface area (Å²) in [6.07, 6.45) is 1.63. The Morgan fingerprint density at radius 2 is 2.33 bits per heavy atom. The molecule has 0 radical (unpaired) electrons. The second kappa shape index (κ2) is 6.31. The molecule has 10 heteroatoms. The molecule has 0 bridgehead atoms. The molecule has 1 aromatic heterocycles. The van der Waals surface area contributed by atoms with Gasteiger partial charge in [-0.25, -0.2) is 4.79 Å². The molecule has 1 amide bonds. The average molecular weight is 298 g/mol. The van der Waals surface area contributed by atoms with Crippen molar-refractivity contribution in [3.05, 3.63) is 22.6 Å². The Balaban J connectivity index is 1.86. The van der Waals surface area contributed by atoms with E-state index >= 15 is 0 Å². The summed E-state index contributed by atoms with van der Waals surface area (Å²) in [6, 6.07) is 0. The second-order valence-electron chi connectivity index (χ2n) is 4.51. The molecule has 0 aliphatic carbocycles. The Morgan fingerprint density at radius 1 is 1.57 bits per heavy atom. The van der Waals surface area contributed by atoms with Crippen molar-refractivity contribution in [2.45, 2.75) is 19.1 Å². The lowest BCUT2D eigenvalue weighted by atomic mass is 10.2. The van der Waals surface area contributed by atoms with E-state index in [2.05, 4.69) is 4.98 Å². The van der Waals surface area contributed by atoms with E-state index < -0.39 is 17.0 Å². The van der Waals surface area contributed by atoms with E-state index in [1.54, 1.807) is 0 Å². The molecule has 0 saturated carbocycles. The van der Waals surface area contributed by atoms with Gasteiger partial charge < -0.3 is 29.4 Å². The summed E-state index contributed by atoms with van der Waals surface area (Å²) >= 11 is 0. The molecule has 1 saturated heterocycles. The molecule has 0 spiro atoms. The number of imidazole rings is 1. The first-order valence-electron chi connectivity index (χ1n) is 6.25. The van der Waals surface area contributed by atoms with Gasteiger partial charge in [0.05, 0.1) is 13.2 Å². The van der Waals surface area contributed by atoms with Crippen LogP contribution in [-0.4, -0.2) is 62.2 Å². The van der Waals surface area contributed by atoms with Crippen molar-refractivity contribution in [2.75, 3.05) is 19.7 Å². The molecule has 114 valence electrons. The Bertz CT molecular complexity index is 557. The second-order valence-corrected chi connectivity index (χ2v) is 4.51. The summed E-state index contributed by atoms with van der Waals surface area (Å²) in [7, 11) is 0. The molecular formula is C11H14N4O6. The lowest BCUT2D eigenvalue weighted by molar-refractivity contribution is -0.389. The fourth-order valence-corrected chi connectivity index (χ4v) is 1.97. The third-order valence-electron chi connectivity index (χ3n) is 3.09. The molecule has 21 heavy (non-hydrogen) atoms. The van der Waals surface area contributed by atoms with Gasteiger partial charge >= 0.3 is 11.8 Å². The number of carboxylic acids is 1. The van der Waals surface area contributed by atoms with E-state index in [0.29, 0.717) is 6.54 Å². The number of carboxylic acid groups (broad SMARTS) is 1. The van der Waals surface area contributed by atoms with Crippen molar-refractivity contribution < 1.29 is 24.4 Å². The Morgan fingerprint density at radius 3 is 2.95 bits per heavy atom. The Kier molecular flexibility index (Phi) is 4.48.